The fourth-order valence-electron chi connectivity index (χ4n) is 4.64. The van der Waals surface area contributed by atoms with Gasteiger partial charge in [0.1, 0.15) is 23.2 Å². The molecular formula is C25H25F3N4O3. The van der Waals surface area contributed by atoms with E-state index in [1.165, 1.54) is 12.1 Å². The highest BCUT2D eigenvalue weighted by atomic mass is 19.3. The first kappa shape index (κ1) is 23.3. The lowest BCUT2D eigenvalue weighted by atomic mass is 10.0. The monoisotopic (exact) mass is 486 g/mol. The zero-order valence-electron chi connectivity index (χ0n) is 19.4. The molecule has 0 aliphatic carbocycles. The Morgan fingerprint density at radius 3 is 2.63 bits per heavy atom. The summed E-state index contributed by atoms with van der Waals surface area (Å²) in [5.74, 6) is 0.295. The zero-order chi connectivity index (χ0) is 24.7. The molecule has 5 rings (SSSR count). The van der Waals surface area contributed by atoms with Crippen LogP contribution in [0.25, 0.3) is 10.9 Å². The molecule has 2 aliphatic rings. The van der Waals surface area contributed by atoms with Crippen LogP contribution < -0.4 is 10.1 Å². The third-order valence-corrected chi connectivity index (χ3v) is 6.39. The molecule has 2 aliphatic heterocycles. The highest BCUT2D eigenvalue weighted by Gasteiger charge is 2.30. The molecule has 1 saturated heterocycles. The summed E-state index contributed by atoms with van der Waals surface area (Å²) in [5.41, 5.74) is 1.35. The minimum absolute atomic E-state index is 0.0984. The highest BCUT2D eigenvalue weighted by molar-refractivity contribution is 6.05. The Morgan fingerprint density at radius 1 is 1.14 bits per heavy atom. The second-order valence-electron chi connectivity index (χ2n) is 8.67. The summed E-state index contributed by atoms with van der Waals surface area (Å²) in [7, 11) is 0. The SMILES string of the molecule is Cc1nc(N[C@H](C)c2cccc(C(F)F)c2F)c2cc(C(=O)N3CCOCC3)c3c(c2n1)CCO3. The Labute approximate surface area is 200 Å². The smallest absolute Gasteiger partial charge is 0.266 e. The molecule has 184 valence electrons. The highest BCUT2D eigenvalue weighted by Crippen LogP contribution is 2.39. The molecule has 1 amide bonds. The van der Waals surface area contributed by atoms with Crippen molar-refractivity contribution in [1.82, 2.24) is 14.9 Å². The summed E-state index contributed by atoms with van der Waals surface area (Å²) >= 11 is 0. The number of nitrogens with one attached hydrogen (secondary N) is 1. The topological polar surface area (TPSA) is 76.6 Å². The van der Waals surface area contributed by atoms with E-state index in [0.717, 1.165) is 11.6 Å². The van der Waals surface area contributed by atoms with Gasteiger partial charge in [0.05, 0.1) is 42.5 Å². The number of hydrogen-bond donors (Lipinski definition) is 1. The van der Waals surface area contributed by atoms with Crippen LogP contribution in [0.3, 0.4) is 0 Å². The van der Waals surface area contributed by atoms with Crippen molar-refractivity contribution in [1.29, 1.82) is 0 Å². The number of ether oxygens (including phenoxy) is 2. The molecule has 2 aromatic carbocycles. The van der Waals surface area contributed by atoms with Gasteiger partial charge in [-0.2, -0.15) is 0 Å². The Hall–Kier alpha value is -3.40. The number of hydrogen-bond acceptors (Lipinski definition) is 6. The Kier molecular flexibility index (Phi) is 6.22. The Bertz CT molecular complexity index is 1290. The van der Waals surface area contributed by atoms with Gasteiger partial charge in [0, 0.05) is 36.0 Å². The third kappa shape index (κ3) is 4.27. The summed E-state index contributed by atoms with van der Waals surface area (Å²) in [5, 5.41) is 3.76. The largest absolute Gasteiger partial charge is 0.492 e. The third-order valence-electron chi connectivity index (χ3n) is 6.39. The minimum atomic E-state index is -2.92. The molecule has 35 heavy (non-hydrogen) atoms. The van der Waals surface area contributed by atoms with Gasteiger partial charge in [-0.15, -0.1) is 0 Å². The quantitative estimate of drug-likeness (QED) is 0.568. The molecule has 3 heterocycles. The van der Waals surface area contributed by atoms with Gasteiger partial charge in [-0.1, -0.05) is 18.2 Å². The van der Waals surface area contributed by atoms with E-state index in [-0.39, 0.29) is 11.5 Å². The van der Waals surface area contributed by atoms with Crippen LogP contribution in [0, 0.1) is 12.7 Å². The maximum atomic E-state index is 14.8. The second kappa shape index (κ2) is 9.33. The number of halogens is 3. The van der Waals surface area contributed by atoms with E-state index in [1.54, 1.807) is 24.8 Å². The van der Waals surface area contributed by atoms with Crippen molar-refractivity contribution in [3.63, 3.8) is 0 Å². The number of carbonyl (C=O) groups is 1. The first-order valence-corrected chi connectivity index (χ1v) is 11.5. The van der Waals surface area contributed by atoms with Gasteiger partial charge in [-0.3, -0.25) is 4.79 Å². The van der Waals surface area contributed by atoms with Gasteiger partial charge < -0.3 is 19.7 Å². The summed E-state index contributed by atoms with van der Waals surface area (Å²) in [6, 6.07) is 4.98. The number of morpholine rings is 1. The van der Waals surface area contributed by atoms with E-state index >= 15 is 0 Å². The van der Waals surface area contributed by atoms with Gasteiger partial charge in [0.2, 0.25) is 0 Å². The van der Waals surface area contributed by atoms with Gasteiger partial charge in [0.15, 0.2) is 0 Å². The number of carbonyl (C=O) groups excluding carboxylic acids is 1. The molecule has 0 spiro atoms. The van der Waals surface area contributed by atoms with Crippen LogP contribution in [0.15, 0.2) is 24.3 Å². The van der Waals surface area contributed by atoms with Crippen molar-refractivity contribution in [3.05, 3.63) is 58.2 Å². The lowest BCUT2D eigenvalue weighted by Crippen LogP contribution is -2.40. The molecule has 7 nitrogen and oxygen atoms in total. The molecule has 10 heteroatoms. The molecule has 0 unspecified atom stereocenters. The average molecular weight is 486 g/mol. The van der Waals surface area contributed by atoms with Crippen molar-refractivity contribution in [2.24, 2.45) is 0 Å². The number of rotatable bonds is 5. The fraction of sp³-hybridized carbons (Fsp3) is 0.400. The molecule has 3 aromatic rings. The predicted molar refractivity (Wildman–Crippen MR) is 124 cm³/mol. The molecule has 1 fully saturated rings. The van der Waals surface area contributed by atoms with E-state index in [2.05, 4.69) is 15.3 Å². The van der Waals surface area contributed by atoms with Crippen molar-refractivity contribution >= 4 is 22.6 Å². The van der Waals surface area contributed by atoms with Gasteiger partial charge in [0.25, 0.3) is 12.3 Å². The first-order chi connectivity index (χ1) is 16.8. The maximum absolute atomic E-state index is 14.8. The van der Waals surface area contributed by atoms with E-state index in [0.29, 0.717) is 73.2 Å². The normalized spacial score (nSPS) is 16.3. The summed E-state index contributed by atoms with van der Waals surface area (Å²) in [6.45, 7) is 5.76. The van der Waals surface area contributed by atoms with Crippen molar-refractivity contribution in [2.45, 2.75) is 32.7 Å². The van der Waals surface area contributed by atoms with E-state index in [9.17, 15) is 18.0 Å². The molecule has 0 saturated carbocycles. The Balaban J connectivity index is 1.59. The predicted octanol–water partition coefficient (Wildman–Crippen LogP) is 4.60. The minimum Gasteiger partial charge on any atom is -0.492 e. The van der Waals surface area contributed by atoms with E-state index in [4.69, 9.17) is 9.47 Å². The van der Waals surface area contributed by atoms with Crippen LogP contribution in [-0.2, 0) is 11.2 Å². The summed E-state index contributed by atoms with van der Waals surface area (Å²) in [4.78, 5) is 24.2. The maximum Gasteiger partial charge on any atom is 0.266 e. The molecule has 1 aromatic heterocycles. The van der Waals surface area contributed by atoms with Crippen molar-refractivity contribution in [3.8, 4) is 5.75 Å². The number of aryl methyl sites for hydroxylation is 1. The van der Waals surface area contributed by atoms with Crippen LogP contribution in [0.1, 0.15) is 52.3 Å². The molecule has 1 atom stereocenters. The number of fused-ring (bicyclic) bond motifs is 3. The van der Waals surface area contributed by atoms with Crippen LogP contribution in [-0.4, -0.2) is 53.7 Å². The number of anilines is 1. The first-order valence-electron chi connectivity index (χ1n) is 11.5. The number of aromatic nitrogens is 2. The number of alkyl halides is 2. The molecule has 0 bridgehead atoms. The van der Waals surface area contributed by atoms with Gasteiger partial charge in [-0.05, 0) is 19.9 Å². The zero-order valence-corrected chi connectivity index (χ0v) is 19.4. The number of amides is 1. The van der Waals surface area contributed by atoms with Crippen molar-refractivity contribution < 1.29 is 27.4 Å². The number of nitrogens with zero attached hydrogens (tertiary/aromatic N) is 3. The van der Waals surface area contributed by atoms with Crippen LogP contribution >= 0.6 is 0 Å². The van der Waals surface area contributed by atoms with Gasteiger partial charge >= 0.3 is 0 Å². The lowest BCUT2D eigenvalue weighted by molar-refractivity contribution is 0.0301. The second-order valence-corrected chi connectivity index (χ2v) is 8.67. The fourth-order valence-corrected chi connectivity index (χ4v) is 4.64. The molecule has 0 radical (unpaired) electrons. The standard InChI is InChI=1S/C25H25F3N4O3/c1-13(15-4-3-5-16(20(15)26)23(27)28)29-24-18-12-19(25(33)32-7-10-34-11-8-32)22-17(6-9-35-22)21(18)30-14(2)31-24/h3-5,12-13,23H,6-11H2,1-2H3,(H,29,30,31)/t13-/m1/s1. The molecule has 1 N–H and O–H groups in total. The summed E-state index contributed by atoms with van der Waals surface area (Å²) < 4.78 is 52.5. The summed E-state index contributed by atoms with van der Waals surface area (Å²) in [6.07, 6.45) is -2.33. The van der Waals surface area contributed by atoms with E-state index in [1.807, 2.05) is 0 Å². The lowest BCUT2D eigenvalue weighted by Gasteiger charge is -2.27. The average Bonchev–Trinajstić information content (AvgIpc) is 3.34. The Morgan fingerprint density at radius 2 is 1.89 bits per heavy atom. The van der Waals surface area contributed by atoms with Crippen LogP contribution in [0.2, 0.25) is 0 Å². The van der Waals surface area contributed by atoms with Gasteiger partial charge in [-0.25, -0.2) is 23.1 Å². The number of benzene rings is 2. The van der Waals surface area contributed by atoms with Crippen LogP contribution in [0.4, 0.5) is 19.0 Å². The van der Waals surface area contributed by atoms with Crippen LogP contribution in [0.5, 0.6) is 5.75 Å². The van der Waals surface area contributed by atoms with E-state index < -0.39 is 23.8 Å². The molecular weight excluding hydrogens is 461 g/mol. The van der Waals surface area contributed by atoms with Crippen molar-refractivity contribution in [2.75, 3.05) is 38.2 Å².